The van der Waals surface area contributed by atoms with Crippen molar-refractivity contribution in [3.63, 3.8) is 0 Å². The van der Waals surface area contributed by atoms with Gasteiger partial charge in [-0.25, -0.2) is 4.79 Å². The zero-order valence-corrected chi connectivity index (χ0v) is 24.4. The first-order chi connectivity index (χ1) is 21.6. The molecular formula is C33H26O13. The number of rotatable bonds is 4. The molecule has 3 aromatic rings. The van der Waals surface area contributed by atoms with Crippen molar-refractivity contribution >= 4 is 29.3 Å². The van der Waals surface area contributed by atoms with Crippen LogP contribution in [-0.2, 0) is 25.5 Å². The fraction of sp³-hybridized carbons (Fsp3) is 0.242. The molecule has 0 aliphatic heterocycles. The standard InChI is InChI=1S/C33H26O13/c1-12-8-16-22(19(37)9-12)29(42)33(44)28(41)15-6-7-32(33,30(16)46-13(2)34)11-14-10-20(38)25(26(39)21(14)15)27(40)23-17(35)4-5-18(36)24(23)31(43)45-3/h4-10,15,30,35-39,44H,11H2,1-3H3/t15-,30-,32+,33-/m0/s1. The Morgan fingerprint density at radius 1 is 0.891 bits per heavy atom. The van der Waals surface area contributed by atoms with Crippen molar-refractivity contribution in [2.45, 2.75) is 37.9 Å². The monoisotopic (exact) mass is 630 g/mol. The molecule has 4 aliphatic rings. The number of aliphatic hydroxyl groups is 1. The SMILES string of the molecule is COC(=O)c1c(O)ccc(O)c1C(=O)c1c(O)cc2c(c1O)[C@@H]1C=C[C@@]3(C2)[C@@H](OC(C)=O)c2cc(C)cc(O)c2C(=O)[C@@]3(O)C1=O. The maximum absolute atomic E-state index is 14.3. The van der Waals surface area contributed by atoms with Crippen LogP contribution in [0.1, 0.15) is 77.8 Å². The van der Waals surface area contributed by atoms with Crippen molar-refractivity contribution in [2.75, 3.05) is 7.11 Å². The van der Waals surface area contributed by atoms with Crippen LogP contribution in [0.5, 0.6) is 28.7 Å². The average Bonchev–Trinajstić information content (AvgIpc) is 3.19. The summed E-state index contributed by atoms with van der Waals surface area (Å²) in [5.41, 5.74) is -7.69. The smallest absolute Gasteiger partial charge is 0.342 e. The molecule has 0 saturated heterocycles. The number of ether oxygens (including phenoxy) is 2. The summed E-state index contributed by atoms with van der Waals surface area (Å²) in [4.78, 5) is 67.0. The summed E-state index contributed by atoms with van der Waals surface area (Å²) in [6, 6.07) is 5.55. The first kappa shape index (κ1) is 30.3. The number of carbonyl (C=O) groups excluding carboxylic acids is 5. The number of methoxy groups -OCH3 is 1. The molecule has 0 fully saturated rings. The number of fused-ring (bicyclic) bond motifs is 1. The largest absolute Gasteiger partial charge is 0.507 e. The molecule has 0 saturated carbocycles. The van der Waals surface area contributed by atoms with E-state index in [1.165, 1.54) is 24.3 Å². The molecule has 3 aromatic carbocycles. The van der Waals surface area contributed by atoms with E-state index in [9.17, 15) is 54.6 Å². The van der Waals surface area contributed by atoms with Gasteiger partial charge < -0.3 is 40.1 Å². The molecule has 6 N–H and O–H groups in total. The molecular weight excluding hydrogens is 604 g/mol. The predicted molar refractivity (Wildman–Crippen MR) is 154 cm³/mol. The van der Waals surface area contributed by atoms with Crippen molar-refractivity contribution < 1.29 is 64.1 Å². The number of hydrogen-bond acceptors (Lipinski definition) is 13. The normalized spacial score (nSPS) is 24.0. The van der Waals surface area contributed by atoms with Crippen LogP contribution in [0.25, 0.3) is 0 Å². The Bertz CT molecular complexity index is 1990. The predicted octanol–water partition coefficient (Wildman–Crippen LogP) is 2.54. The van der Waals surface area contributed by atoms with E-state index in [1.807, 2.05) is 0 Å². The maximum atomic E-state index is 14.3. The highest BCUT2D eigenvalue weighted by molar-refractivity contribution is 6.24. The zero-order chi connectivity index (χ0) is 33.6. The quantitative estimate of drug-likeness (QED) is 0.0802. The third-order valence-electron chi connectivity index (χ3n) is 8.98. The molecule has 13 nitrogen and oxygen atoms in total. The van der Waals surface area contributed by atoms with Gasteiger partial charge in [-0.1, -0.05) is 18.2 Å². The fourth-order valence-electron chi connectivity index (χ4n) is 7.08. The highest BCUT2D eigenvalue weighted by atomic mass is 16.5. The Kier molecular flexibility index (Phi) is 6.53. The number of ketones is 3. The lowest BCUT2D eigenvalue weighted by Crippen LogP contribution is -2.66. The van der Waals surface area contributed by atoms with Crippen LogP contribution >= 0.6 is 0 Å². The highest BCUT2D eigenvalue weighted by Gasteiger charge is 2.71. The molecule has 0 aromatic heterocycles. The average molecular weight is 631 g/mol. The maximum Gasteiger partial charge on any atom is 0.342 e. The summed E-state index contributed by atoms with van der Waals surface area (Å²) in [7, 11) is 0.958. The second kappa shape index (κ2) is 9.91. The summed E-state index contributed by atoms with van der Waals surface area (Å²) in [5, 5.41) is 66.6. The van der Waals surface area contributed by atoms with Crippen LogP contribution in [0.4, 0.5) is 0 Å². The van der Waals surface area contributed by atoms with Gasteiger partial charge in [0, 0.05) is 18.1 Å². The van der Waals surface area contributed by atoms with Gasteiger partial charge in [-0.05, 0) is 48.7 Å². The van der Waals surface area contributed by atoms with Gasteiger partial charge in [-0.2, -0.15) is 0 Å². The van der Waals surface area contributed by atoms with Gasteiger partial charge in [-0.3, -0.25) is 19.2 Å². The highest BCUT2D eigenvalue weighted by Crippen LogP contribution is 2.63. The number of aromatic hydroxyl groups is 5. The molecule has 1 spiro atoms. The van der Waals surface area contributed by atoms with E-state index in [4.69, 9.17) is 4.74 Å². The fourth-order valence-corrected chi connectivity index (χ4v) is 7.08. The Hall–Kier alpha value is -5.69. The van der Waals surface area contributed by atoms with E-state index < -0.39 is 110 Å². The number of hydrogen-bond donors (Lipinski definition) is 6. The first-order valence-electron chi connectivity index (χ1n) is 13.9. The van der Waals surface area contributed by atoms with E-state index >= 15 is 0 Å². The van der Waals surface area contributed by atoms with Gasteiger partial charge in [0.25, 0.3) is 0 Å². The minimum atomic E-state index is -2.96. The van der Waals surface area contributed by atoms with Crippen molar-refractivity contribution in [2.24, 2.45) is 5.41 Å². The summed E-state index contributed by atoms with van der Waals surface area (Å²) in [6.07, 6.45) is 0.582. The molecule has 4 atom stereocenters. The molecule has 2 bridgehead atoms. The molecule has 0 unspecified atom stereocenters. The van der Waals surface area contributed by atoms with Crippen LogP contribution in [0, 0.1) is 12.3 Å². The first-order valence-corrected chi connectivity index (χ1v) is 13.9. The van der Waals surface area contributed by atoms with E-state index in [0.29, 0.717) is 5.56 Å². The second-order valence-corrected chi connectivity index (χ2v) is 11.6. The number of benzene rings is 3. The van der Waals surface area contributed by atoms with Crippen molar-refractivity contribution in [1.82, 2.24) is 0 Å². The lowest BCUT2D eigenvalue weighted by molar-refractivity contribution is -0.172. The number of esters is 2. The molecule has 7 rings (SSSR count). The van der Waals surface area contributed by atoms with Crippen LogP contribution in [0.15, 0.2) is 42.5 Å². The van der Waals surface area contributed by atoms with Gasteiger partial charge in [0.05, 0.1) is 29.6 Å². The minimum absolute atomic E-state index is 0.00979. The molecule has 0 amide bonds. The molecule has 0 heterocycles. The van der Waals surface area contributed by atoms with Crippen molar-refractivity contribution in [3.8, 4) is 28.7 Å². The van der Waals surface area contributed by atoms with Gasteiger partial charge in [0.15, 0.2) is 11.4 Å². The number of carbonyl (C=O) groups is 5. The Morgan fingerprint density at radius 2 is 1.54 bits per heavy atom. The molecule has 13 heteroatoms. The Labute approximate surface area is 259 Å². The number of Topliss-reactive ketones (excluding diaryl/α,β-unsaturated/α-hetero) is 2. The lowest BCUT2D eigenvalue weighted by Gasteiger charge is -2.52. The van der Waals surface area contributed by atoms with Crippen LogP contribution in [-0.4, -0.2) is 72.6 Å². The summed E-state index contributed by atoms with van der Waals surface area (Å²) >= 11 is 0. The van der Waals surface area contributed by atoms with Crippen LogP contribution < -0.4 is 0 Å². The van der Waals surface area contributed by atoms with E-state index in [0.717, 1.165) is 32.2 Å². The minimum Gasteiger partial charge on any atom is -0.507 e. The third kappa shape index (κ3) is 3.75. The lowest BCUT2D eigenvalue weighted by atomic mass is 9.53. The van der Waals surface area contributed by atoms with E-state index in [-0.39, 0.29) is 16.7 Å². The number of phenols is 5. The van der Waals surface area contributed by atoms with Gasteiger partial charge in [0.2, 0.25) is 11.6 Å². The van der Waals surface area contributed by atoms with Crippen molar-refractivity contribution in [1.29, 1.82) is 0 Å². The number of phenolic OH excluding ortho intramolecular Hbond substituents is 5. The van der Waals surface area contributed by atoms with Gasteiger partial charge >= 0.3 is 11.9 Å². The molecule has 4 aliphatic carbocycles. The number of aryl methyl sites for hydroxylation is 1. The topological polar surface area (TPSA) is 225 Å². The van der Waals surface area contributed by atoms with Gasteiger partial charge in [0.1, 0.15) is 46.0 Å². The summed E-state index contributed by atoms with van der Waals surface area (Å²) < 4.78 is 10.3. The van der Waals surface area contributed by atoms with Gasteiger partial charge in [-0.15, -0.1) is 0 Å². The second-order valence-electron chi connectivity index (χ2n) is 11.6. The van der Waals surface area contributed by atoms with Crippen LogP contribution in [0.3, 0.4) is 0 Å². The van der Waals surface area contributed by atoms with Crippen molar-refractivity contribution in [3.05, 3.63) is 87.0 Å². The number of allylic oxidation sites excluding steroid dienone is 1. The summed E-state index contributed by atoms with van der Waals surface area (Å²) in [6.45, 7) is 2.69. The summed E-state index contributed by atoms with van der Waals surface area (Å²) in [5.74, 6) is -11.3. The molecule has 46 heavy (non-hydrogen) atoms. The van der Waals surface area contributed by atoms with Crippen LogP contribution in [0.2, 0.25) is 0 Å². The Morgan fingerprint density at radius 3 is 2.17 bits per heavy atom. The third-order valence-corrected chi connectivity index (χ3v) is 8.98. The van der Waals surface area contributed by atoms with E-state index in [2.05, 4.69) is 4.74 Å². The molecule has 0 radical (unpaired) electrons. The zero-order valence-electron chi connectivity index (χ0n) is 24.4. The molecule has 236 valence electrons. The Balaban J connectivity index is 1.62. The van der Waals surface area contributed by atoms with E-state index in [1.54, 1.807) is 6.92 Å².